The van der Waals surface area contributed by atoms with Crippen LogP contribution in [-0.4, -0.2) is 36.5 Å². The molecule has 27 heavy (non-hydrogen) atoms. The van der Waals surface area contributed by atoms with Crippen LogP contribution >= 0.6 is 0 Å². The maximum Gasteiger partial charge on any atom is 0.407 e. The summed E-state index contributed by atoms with van der Waals surface area (Å²) in [6, 6.07) is 0. The van der Waals surface area contributed by atoms with Gasteiger partial charge in [0.05, 0.1) is 0 Å². The highest BCUT2D eigenvalue weighted by molar-refractivity contribution is 5.83. The molecule has 0 unspecified atom stereocenters. The molecule has 158 valence electrons. The van der Waals surface area contributed by atoms with E-state index in [1.807, 2.05) is 41.5 Å². The molecule has 6 heteroatoms. The summed E-state index contributed by atoms with van der Waals surface area (Å²) in [5.41, 5.74) is -0.735. The Balaban J connectivity index is 3.50. The third-order valence-electron chi connectivity index (χ3n) is 3.99. The van der Waals surface area contributed by atoms with Crippen molar-refractivity contribution < 1.29 is 19.1 Å². The highest BCUT2D eigenvalue weighted by atomic mass is 16.6. The van der Waals surface area contributed by atoms with E-state index in [1.54, 1.807) is 0 Å². The largest absolute Gasteiger partial charge is 0.444 e. The second kappa shape index (κ2) is 12.7. The number of nitrogens with one attached hydrogen (secondary N) is 2. The Kier molecular flexibility index (Phi) is 12.0. The number of hydrogen-bond acceptors (Lipinski definition) is 4. The molecule has 0 radical (unpaired) electrons. The number of ketones is 1. The lowest BCUT2D eigenvalue weighted by molar-refractivity contribution is -0.126. The lowest BCUT2D eigenvalue weighted by Gasteiger charge is -2.19. The van der Waals surface area contributed by atoms with Crippen LogP contribution in [0, 0.1) is 5.41 Å². The highest BCUT2D eigenvalue weighted by Gasteiger charge is 2.19. The fourth-order valence-electron chi connectivity index (χ4n) is 2.37. The zero-order valence-corrected chi connectivity index (χ0v) is 18.2. The van der Waals surface area contributed by atoms with Crippen LogP contribution in [0.5, 0.6) is 0 Å². The molecule has 0 aliphatic carbocycles. The van der Waals surface area contributed by atoms with E-state index in [0.29, 0.717) is 31.7 Å². The number of unbranched alkanes of at least 4 members (excludes halogenated alkanes) is 4. The van der Waals surface area contributed by atoms with E-state index in [2.05, 4.69) is 10.6 Å². The summed E-state index contributed by atoms with van der Waals surface area (Å²) in [6.45, 7) is 12.6. The molecule has 0 rings (SSSR count). The molecule has 0 bridgehead atoms. The summed E-state index contributed by atoms with van der Waals surface area (Å²) >= 11 is 0. The van der Waals surface area contributed by atoms with Gasteiger partial charge in [-0.25, -0.2) is 4.79 Å². The maximum atomic E-state index is 11.8. The van der Waals surface area contributed by atoms with Crippen molar-refractivity contribution in [2.75, 3.05) is 13.1 Å². The van der Waals surface area contributed by atoms with Gasteiger partial charge >= 0.3 is 6.09 Å². The Morgan fingerprint density at radius 2 is 1.22 bits per heavy atom. The van der Waals surface area contributed by atoms with Gasteiger partial charge in [0.25, 0.3) is 0 Å². The van der Waals surface area contributed by atoms with Crippen LogP contribution in [0.3, 0.4) is 0 Å². The smallest absolute Gasteiger partial charge is 0.407 e. The van der Waals surface area contributed by atoms with E-state index in [0.717, 1.165) is 38.5 Å². The molecule has 0 saturated carbocycles. The molecule has 2 N–H and O–H groups in total. The minimum atomic E-state index is -0.482. The minimum Gasteiger partial charge on any atom is -0.444 e. The average Bonchev–Trinajstić information content (AvgIpc) is 2.51. The highest BCUT2D eigenvalue weighted by Crippen LogP contribution is 2.18. The average molecular weight is 385 g/mol. The molecule has 0 aliphatic rings. The van der Waals surface area contributed by atoms with Gasteiger partial charge in [0.15, 0.2) is 0 Å². The molecule has 0 aromatic heterocycles. The Bertz CT molecular complexity index is 462. The van der Waals surface area contributed by atoms with Crippen LogP contribution < -0.4 is 10.6 Å². The molecule has 6 nitrogen and oxygen atoms in total. The van der Waals surface area contributed by atoms with Crippen molar-refractivity contribution in [3.05, 3.63) is 0 Å². The molecule has 0 atom stereocenters. The Hall–Kier alpha value is -1.59. The van der Waals surface area contributed by atoms with Gasteiger partial charge in [-0.15, -0.1) is 0 Å². The predicted octanol–water partition coefficient (Wildman–Crippen LogP) is 4.36. The lowest BCUT2D eigenvalue weighted by atomic mass is 9.88. The first-order chi connectivity index (χ1) is 12.4. The normalized spacial score (nSPS) is 11.8. The Labute approximate surface area is 165 Å². The van der Waals surface area contributed by atoms with Crippen molar-refractivity contribution in [3.8, 4) is 0 Å². The molecule has 0 spiro atoms. The van der Waals surface area contributed by atoms with Gasteiger partial charge in [0.2, 0.25) is 5.91 Å². The van der Waals surface area contributed by atoms with E-state index in [1.165, 1.54) is 0 Å². The molecule has 0 aliphatic heterocycles. The van der Waals surface area contributed by atoms with Crippen molar-refractivity contribution >= 4 is 17.8 Å². The fourth-order valence-corrected chi connectivity index (χ4v) is 2.37. The van der Waals surface area contributed by atoms with E-state index in [9.17, 15) is 14.4 Å². The fraction of sp³-hybridized carbons (Fsp3) is 0.857. The summed E-state index contributed by atoms with van der Waals surface area (Å²) in [5.74, 6) is 0.369. The van der Waals surface area contributed by atoms with Gasteiger partial charge in [-0.2, -0.15) is 0 Å². The van der Waals surface area contributed by atoms with E-state index in [4.69, 9.17) is 4.74 Å². The van der Waals surface area contributed by atoms with Crippen LogP contribution in [-0.2, 0) is 14.3 Å². The topological polar surface area (TPSA) is 84.5 Å². The van der Waals surface area contributed by atoms with Gasteiger partial charge < -0.3 is 15.4 Å². The number of carbonyl (C=O) groups excluding carboxylic acids is 3. The van der Waals surface area contributed by atoms with Crippen molar-refractivity contribution in [1.82, 2.24) is 10.6 Å². The van der Waals surface area contributed by atoms with Crippen LogP contribution in [0.25, 0.3) is 0 Å². The molecule has 2 amide bonds. The van der Waals surface area contributed by atoms with Crippen molar-refractivity contribution in [2.45, 2.75) is 98.5 Å². The lowest BCUT2D eigenvalue weighted by Crippen LogP contribution is -2.33. The van der Waals surface area contributed by atoms with Gasteiger partial charge in [0.1, 0.15) is 11.4 Å². The van der Waals surface area contributed by atoms with Crippen molar-refractivity contribution in [2.24, 2.45) is 5.41 Å². The number of alkyl carbamates (subject to hydrolysis) is 1. The SMILES string of the molecule is CC(C)(C)OC(=O)NCCCCCC(=O)NCCCCCC(=O)C(C)(C)C. The van der Waals surface area contributed by atoms with Crippen LogP contribution in [0.2, 0.25) is 0 Å². The predicted molar refractivity (Wildman–Crippen MR) is 109 cm³/mol. The van der Waals surface area contributed by atoms with Crippen molar-refractivity contribution in [1.29, 1.82) is 0 Å². The van der Waals surface area contributed by atoms with E-state index < -0.39 is 11.7 Å². The number of ether oxygens (including phenoxy) is 1. The van der Waals surface area contributed by atoms with E-state index in [-0.39, 0.29) is 11.3 Å². The number of Topliss-reactive ketones (excluding diaryl/α,β-unsaturated/α-hetero) is 1. The Morgan fingerprint density at radius 3 is 1.74 bits per heavy atom. The second-order valence-electron chi connectivity index (χ2n) is 9.07. The first-order valence-electron chi connectivity index (χ1n) is 10.2. The molecule has 0 heterocycles. The minimum absolute atomic E-state index is 0.0702. The summed E-state index contributed by atoms with van der Waals surface area (Å²) in [7, 11) is 0. The molecule has 0 aromatic carbocycles. The Morgan fingerprint density at radius 1 is 0.704 bits per heavy atom. The quantitative estimate of drug-likeness (QED) is 0.490. The van der Waals surface area contributed by atoms with Gasteiger partial charge in [-0.05, 0) is 46.5 Å². The second-order valence-corrected chi connectivity index (χ2v) is 9.07. The zero-order chi connectivity index (χ0) is 20.9. The van der Waals surface area contributed by atoms with Gasteiger partial charge in [0, 0.05) is 31.3 Å². The first-order valence-corrected chi connectivity index (χ1v) is 10.2. The molecule has 0 aromatic rings. The summed E-state index contributed by atoms with van der Waals surface area (Å²) in [6.07, 6.45) is 6.00. The van der Waals surface area contributed by atoms with Crippen molar-refractivity contribution in [3.63, 3.8) is 0 Å². The molecule has 0 saturated heterocycles. The summed E-state index contributed by atoms with van der Waals surface area (Å²) < 4.78 is 5.15. The third kappa shape index (κ3) is 16.3. The third-order valence-corrected chi connectivity index (χ3v) is 3.99. The van der Waals surface area contributed by atoms with Gasteiger partial charge in [-0.3, -0.25) is 9.59 Å². The first kappa shape index (κ1) is 25.4. The molecule has 0 fully saturated rings. The van der Waals surface area contributed by atoms with Gasteiger partial charge in [-0.1, -0.05) is 33.6 Å². The summed E-state index contributed by atoms with van der Waals surface area (Å²) in [5, 5.41) is 5.63. The molecular formula is C21H40N2O4. The van der Waals surface area contributed by atoms with Crippen LogP contribution in [0.4, 0.5) is 4.79 Å². The zero-order valence-electron chi connectivity index (χ0n) is 18.2. The summed E-state index contributed by atoms with van der Waals surface area (Å²) in [4.78, 5) is 35.0. The number of carbonyl (C=O) groups is 3. The maximum absolute atomic E-state index is 11.8. The molecular weight excluding hydrogens is 344 g/mol. The standard InChI is InChI=1S/C21H40N2O4/c1-20(2,3)17(24)13-9-7-11-15-22-18(25)14-10-8-12-16-23-19(26)27-21(4,5)6/h7-16H2,1-6H3,(H,22,25)(H,23,26). The van der Waals surface area contributed by atoms with Crippen LogP contribution in [0.15, 0.2) is 0 Å². The number of amides is 2. The van der Waals surface area contributed by atoms with E-state index >= 15 is 0 Å². The number of hydrogen-bond donors (Lipinski definition) is 2. The number of rotatable bonds is 12. The van der Waals surface area contributed by atoms with Crippen LogP contribution in [0.1, 0.15) is 92.9 Å². The monoisotopic (exact) mass is 384 g/mol.